The lowest BCUT2D eigenvalue weighted by Gasteiger charge is -2.17. The van der Waals surface area contributed by atoms with Crippen molar-refractivity contribution in [2.75, 3.05) is 14.2 Å². The zero-order valence-corrected chi connectivity index (χ0v) is 13.8. The van der Waals surface area contributed by atoms with E-state index in [0.717, 1.165) is 23.5 Å². The van der Waals surface area contributed by atoms with E-state index < -0.39 is 0 Å². The molecule has 0 saturated carbocycles. The van der Waals surface area contributed by atoms with Crippen LogP contribution < -0.4 is 4.74 Å². The van der Waals surface area contributed by atoms with Crippen LogP contribution in [0.15, 0.2) is 54.6 Å². The molecule has 0 fully saturated rings. The first-order valence-electron chi connectivity index (χ1n) is 7.68. The van der Waals surface area contributed by atoms with E-state index in [1.807, 2.05) is 61.6 Å². The third-order valence-corrected chi connectivity index (χ3v) is 3.77. The van der Waals surface area contributed by atoms with E-state index in [1.54, 1.807) is 11.8 Å². The maximum Gasteiger partial charge on any atom is 0.256 e. The Morgan fingerprint density at radius 2 is 1.75 bits per heavy atom. The molecule has 0 amide bonds. The monoisotopic (exact) mass is 324 g/mol. The quantitative estimate of drug-likeness (QED) is 0.755. The number of rotatable bonds is 6. The number of para-hydroxylation sites is 1. The maximum absolute atomic E-state index is 10.0. The molecule has 24 heavy (non-hydrogen) atoms. The van der Waals surface area contributed by atoms with Gasteiger partial charge in [-0.1, -0.05) is 40.6 Å². The standard InChI is InChI=1S/C18H20N4O2/c1-21(12-14-8-10-16(24-2)11-9-14)13-17-18(23)19-20-22(17)15-6-4-3-5-7-15/h3-11,23H,12-13H2,1-2H3. The molecule has 0 saturated heterocycles. The molecule has 124 valence electrons. The molecule has 6 heteroatoms. The third kappa shape index (κ3) is 3.55. The maximum atomic E-state index is 10.0. The van der Waals surface area contributed by atoms with Gasteiger partial charge in [0.2, 0.25) is 0 Å². The van der Waals surface area contributed by atoms with Gasteiger partial charge in [0.05, 0.1) is 12.8 Å². The van der Waals surface area contributed by atoms with Crippen LogP contribution in [-0.4, -0.2) is 39.2 Å². The summed E-state index contributed by atoms with van der Waals surface area (Å²) in [7, 11) is 3.65. The summed E-state index contributed by atoms with van der Waals surface area (Å²) in [6.45, 7) is 1.27. The lowest BCUT2D eigenvalue weighted by atomic mass is 10.2. The van der Waals surface area contributed by atoms with Crippen LogP contribution in [0.2, 0.25) is 0 Å². The van der Waals surface area contributed by atoms with E-state index >= 15 is 0 Å². The molecular formula is C18H20N4O2. The fraction of sp³-hybridized carbons (Fsp3) is 0.222. The van der Waals surface area contributed by atoms with E-state index in [0.29, 0.717) is 12.2 Å². The summed E-state index contributed by atoms with van der Waals surface area (Å²) in [5.41, 5.74) is 2.70. The van der Waals surface area contributed by atoms with Gasteiger partial charge >= 0.3 is 0 Å². The molecule has 0 unspecified atom stereocenters. The summed E-state index contributed by atoms with van der Waals surface area (Å²) in [5.74, 6) is 0.797. The minimum Gasteiger partial charge on any atom is -0.497 e. The lowest BCUT2D eigenvalue weighted by Crippen LogP contribution is -2.19. The highest BCUT2D eigenvalue weighted by Gasteiger charge is 2.15. The number of hydrogen-bond acceptors (Lipinski definition) is 5. The number of ether oxygens (including phenoxy) is 1. The molecule has 0 radical (unpaired) electrons. The van der Waals surface area contributed by atoms with Crippen LogP contribution >= 0.6 is 0 Å². The fourth-order valence-electron chi connectivity index (χ4n) is 2.56. The molecule has 3 aromatic rings. The Morgan fingerprint density at radius 3 is 2.42 bits per heavy atom. The summed E-state index contributed by atoms with van der Waals surface area (Å²) in [6.07, 6.45) is 0. The van der Waals surface area contributed by atoms with Crippen molar-refractivity contribution in [1.29, 1.82) is 0 Å². The molecule has 0 spiro atoms. The van der Waals surface area contributed by atoms with Crippen LogP contribution in [0.3, 0.4) is 0 Å². The highest BCUT2D eigenvalue weighted by Crippen LogP contribution is 2.20. The zero-order valence-electron chi connectivity index (χ0n) is 13.8. The largest absolute Gasteiger partial charge is 0.497 e. The van der Waals surface area contributed by atoms with Gasteiger partial charge in [0.1, 0.15) is 11.4 Å². The molecular weight excluding hydrogens is 304 g/mol. The molecule has 0 bridgehead atoms. The van der Waals surface area contributed by atoms with E-state index in [1.165, 1.54) is 0 Å². The van der Waals surface area contributed by atoms with Gasteiger partial charge in [0.25, 0.3) is 5.88 Å². The molecule has 1 aromatic heterocycles. The Morgan fingerprint density at radius 1 is 1.04 bits per heavy atom. The highest BCUT2D eigenvalue weighted by atomic mass is 16.5. The lowest BCUT2D eigenvalue weighted by molar-refractivity contribution is 0.305. The molecule has 1 heterocycles. The Kier molecular flexibility index (Phi) is 4.77. The van der Waals surface area contributed by atoms with Crippen molar-refractivity contribution >= 4 is 0 Å². The van der Waals surface area contributed by atoms with Crippen molar-refractivity contribution in [3.63, 3.8) is 0 Å². The molecule has 6 nitrogen and oxygen atoms in total. The van der Waals surface area contributed by atoms with Crippen molar-refractivity contribution in [2.24, 2.45) is 0 Å². The van der Waals surface area contributed by atoms with Crippen LogP contribution in [-0.2, 0) is 13.1 Å². The number of hydrogen-bond donors (Lipinski definition) is 1. The van der Waals surface area contributed by atoms with Gasteiger partial charge in [-0.25, -0.2) is 4.68 Å². The van der Waals surface area contributed by atoms with Crippen molar-refractivity contribution in [3.8, 4) is 17.3 Å². The summed E-state index contributed by atoms with van der Waals surface area (Å²) in [6, 6.07) is 17.6. The Bertz CT molecular complexity index is 785. The minimum atomic E-state index is -0.0413. The smallest absolute Gasteiger partial charge is 0.256 e. The van der Waals surface area contributed by atoms with Crippen molar-refractivity contribution in [1.82, 2.24) is 19.9 Å². The zero-order chi connectivity index (χ0) is 16.9. The van der Waals surface area contributed by atoms with Crippen LogP contribution in [0.1, 0.15) is 11.3 Å². The normalized spacial score (nSPS) is 11.0. The Hall–Kier alpha value is -2.86. The topological polar surface area (TPSA) is 63.4 Å². The third-order valence-electron chi connectivity index (χ3n) is 3.77. The van der Waals surface area contributed by atoms with Crippen LogP contribution in [0.25, 0.3) is 5.69 Å². The molecule has 3 rings (SSSR count). The molecule has 0 aliphatic carbocycles. The van der Waals surface area contributed by atoms with E-state index in [-0.39, 0.29) is 5.88 Å². The van der Waals surface area contributed by atoms with Crippen LogP contribution in [0.5, 0.6) is 11.6 Å². The van der Waals surface area contributed by atoms with Gasteiger partial charge in [0.15, 0.2) is 0 Å². The van der Waals surface area contributed by atoms with Crippen molar-refractivity contribution < 1.29 is 9.84 Å². The first kappa shape index (κ1) is 16.0. The summed E-state index contributed by atoms with van der Waals surface area (Å²) >= 11 is 0. The van der Waals surface area contributed by atoms with Gasteiger partial charge < -0.3 is 9.84 Å². The Balaban J connectivity index is 1.74. The van der Waals surface area contributed by atoms with Gasteiger partial charge in [-0.05, 0) is 36.9 Å². The van der Waals surface area contributed by atoms with E-state index in [4.69, 9.17) is 4.74 Å². The van der Waals surface area contributed by atoms with Crippen molar-refractivity contribution in [2.45, 2.75) is 13.1 Å². The highest BCUT2D eigenvalue weighted by molar-refractivity contribution is 5.34. The number of aromatic hydroxyl groups is 1. The number of benzene rings is 2. The van der Waals surface area contributed by atoms with Gasteiger partial charge in [-0.3, -0.25) is 4.90 Å². The summed E-state index contributed by atoms with van der Waals surface area (Å²) in [5, 5.41) is 17.9. The average Bonchev–Trinajstić information content (AvgIpc) is 2.97. The second-order valence-corrected chi connectivity index (χ2v) is 5.63. The first-order chi connectivity index (χ1) is 11.7. The number of nitrogens with zero attached hydrogens (tertiary/aromatic N) is 4. The fourth-order valence-corrected chi connectivity index (χ4v) is 2.56. The molecule has 2 aromatic carbocycles. The van der Waals surface area contributed by atoms with Crippen molar-refractivity contribution in [3.05, 3.63) is 65.9 Å². The molecule has 0 aliphatic rings. The molecule has 1 N–H and O–H groups in total. The summed E-state index contributed by atoms with van der Waals surface area (Å²) < 4.78 is 6.84. The van der Waals surface area contributed by atoms with E-state index in [2.05, 4.69) is 15.2 Å². The SMILES string of the molecule is COc1ccc(CN(C)Cc2c(O)nnn2-c2ccccc2)cc1. The molecule has 0 aliphatic heterocycles. The minimum absolute atomic E-state index is 0.0413. The van der Waals surface area contributed by atoms with Crippen LogP contribution in [0, 0.1) is 0 Å². The second kappa shape index (κ2) is 7.14. The van der Waals surface area contributed by atoms with Gasteiger partial charge in [-0.2, -0.15) is 0 Å². The summed E-state index contributed by atoms with van der Waals surface area (Å²) in [4.78, 5) is 2.10. The molecule has 0 atom stereocenters. The number of methoxy groups -OCH3 is 1. The van der Waals surface area contributed by atoms with Gasteiger partial charge in [-0.15, -0.1) is 0 Å². The first-order valence-corrected chi connectivity index (χ1v) is 7.68. The predicted molar refractivity (Wildman–Crippen MR) is 91.2 cm³/mol. The second-order valence-electron chi connectivity index (χ2n) is 5.63. The van der Waals surface area contributed by atoms with Gasteiger partial charge in [0, 0.05) is 13.1 Å². The van der Waals surface area contributed by atoms with E-state index in [9.17, 15) is 5.11 Å². The average molecular weight is 324 g/mol. The predicted octanol–water partition coefficient (Wildman–Crippen LogP) is 2.61. The Labute approximate surface area is 140 Å². The van der Waals surface area contributed by atoms with Crippen LogP contribution in [0.4, 0.5) is 0 Å². The number of aromatic nitrogens is 3.